The van der Waals surface area contributed by atoms with Crippen molar-refractivity contribution in [2.24, 2.45) is 5.84 Å². The molecule has 0 spiro atoms. The summed E-state index contributed by atoms with van der Waals surface area (Å²) in [6, 6.07) is 11.7. The van der Waals surface area contributed by atoms with Gasteiger partial charge in [-0.2, -0.15) is 4.98 Å². The first-order valence-electron chi connectivity index (χ1n) is 5.94. The number of nitrogens with zero attached hydrogens (tertiary/aromatic N) is 2. The van der Waals surface area contributed by atoms with Gasteiger partial charge in [0.15, 0.2) is 0 Å². The van der Waals surface area contributed by atoms with Gasteiger partial charge in [0, 0.05) is 6.07 Å². The van der Waals surface area contributed by atoms with Gasteiger partial charge in [-0.15, -0.1) is 0 Å². The van der Waals surface area contributed by atoms with Gasteiger partial charge in [-0.05, 0) is 18.6 Å². The first-order chi connectivity index (χ1) is 9.28. The van der Waals surface area contributed by atoms with Gasteiger partial charge < -0.3 is 10.2 Å². The van der Waals surface area contributed by atoms with Gasteiger partial charge in [-0.3, -0.25) is 0 Å². The minimum atomic E-state index is 0.440. The predicted octanol–water partition coefficient (Wildman–Crippen LogP) is 2.16. The van der Waals surface area contributed by atoms with E-state index in [0.717, 1.165) is 5.56 Å². The van der Waals surface area contributed by atoms with E-state index in [0.29, 0.717) is 24.1 Å². The molecular weight excluding hydrogens is 240 g/mol. The number of anilines is 1. The third-order valence-corrected chi connectivity index (χ3v) is 2.40. The first-order valence-corrected chi connectivity index (χ1v) is 5.94. The van der Waals surface area contributed by atoms with Crippen LogP contribution in [-0.4, -0.2) is 16.6 Å². The molecule has 0 unspecified atom stereocenters. The lowest BCUT2D eigenvalue weighted by Crippen LogP contribution is -2.10. The summed E-state index contributed by atoms with van der Waals surface area (Å²) < 4.78 is 5.52. The Morgan fingerprint density at radius 1 is 1.26 bits per heavy atom. The van der Waals surface area contributed by atoms with E-state index >= 15 is 0 Å². The van der Waals surface area contributed by atoms with E-state index in [-0.39, 0.29) is 0 Å². The fourth-order valence-electron chi connectivity index (χ4n) is 1.57. The number of hydrazine groups is 1. The second-order valence-corrected chi connectivity index (χ2v) is 3.91. The Hall–Kier alpha value is -2.40. The summed E-state index contributed by atoms with van der Waals surface area (Å²) in [4.78, 5) is 8.25. The molecule has 0 fully saturated rings. The van der Waals surface area contributed by atoms with E-state index in [1.165, 1.54) is 0 Å². The van der Waals surface area contributed by atoms with Gasteiger partial charge in [0.25, 0.3) is 0 Å². The molecule has 0 aliphatic heterocycles. The van der Waals surface area contributed by atoms with Crippen LogP contribution in [-0.2, 0) is 0 Å². The Labute approximate surface area is 112 Å². The lowest BCUT2D eigenvalue weighted by atomic mass is 10.2. The average Bonchev–Trinajstić information content (AvgIpc) is 2.44. The van der Waals surface area contributed by atoms with E-state index in [4.69, 9.17) is 10.6 Å². The Kier molecular flexibility index (Phi) is 4.47. The second kappa shape index (κ2) is 6.51. The Morgan fingerprint density at radius 3 is 2.79 bits per heavy atom. The largest absolute Gasteiger partial charge is 0.473 e. The topological polar surface area (TPSA) is 73.1 Å². The summed E-state index contributed by atoms with van der Waals surface area (Å²) in [5, 5.41) is 0. The van der Waals surface area contributed by atoms with Crippen molar-refractivity contribution < 1.29 is 4.74 Å². The summed E-state index contributed by atoms with van der Waals surface area (Å²) >= 11 is 0. The molecule has 1 aromatic heterocycles. The van der Waals surface area contributed by atoms with Crippen LogP contribution < -0.4 is 16.0 Å². The monoisotopic (exact) mass is 256 g/mol. The zero-order chi connectivity index (χ0) is 13.5. The summed E-state index contributed by atoms with van der Waals surface area (Å²) in [5.41, 5.74) is 3.61. The minimum absolute atomic E-state index is 0.440. The molecule has 0 amide bonds. The number of hydrogen-bond donors (Lipinski definition) is 2. The second-order valence-electron chi connectivity index (χ2n) is 3.91. The van der Waals surface area contributed by atoms with Crippen molar-refractivity contribution in [2.75, 3.05) is 12.0 Å². The Bertz CT molecular complexity index is 555. The van der Waals surface area contributed by atoms with Gasteiger partial charge in [0.05, 0.1) is 0 Å². The highest BCUT2D eigenvalue weighted by atomic mass is 16.5. The van der Waals surface area contributed by atoms with Crippen LogP contribution in [0.1, 0.15) is 11.4 Å². The van der Waals surface area contributed by atoms with Crippen LogP contribution in [0.5, 0.6) is 5.88 Å². The van der Waals surface area contributed by atoms with Gasteiger partial charge in [0.1, 0.15) is 18.2 Å². The summed E-state index contributed by atoms with van der Waals surface area (Å²) in [6.45, 7) is 2.23. The molecule has 0 aliphatic carbocycles. The number of benzene rings is 1. The molecule has 19 heavy (non-hydrogen) atoms. The molecule has 2 aromatic rings. The maximum Gasteiger partial charge on any atom is 0.219 e. The molecule has 0 atom stereocenters. The molecule has 5 nitrogen and oxygen atoms in total. The maximum absolute atomic E-state index is 5.52. The Morgan fingerprint density at radius 2 is 2.05 bits per heavy atom. The molecule has 0 radical (unpaired) electrons. The molecule has 98 valence electrons. The average molecular weight is 256 g/mol. The number of aryl methyl sites for hydroxylation is 1. The molecule has 1 aromatic carbocycles. The number of nitrogens with two attached hydrogens (primary N) is 1. The van der Waals surface area contributed by atoms with Crippen molar-refractivity contribution in [1.29, 1.82) is 0 Å². The number of hydrogen-bond acceptors (Lipinski definition) is 5. The highest BCUT2D eigenvalue weighted by Crippen LogP contribution is 2.12. The van der Waals surface area contributed by atoms with Crippen LogP contribution in [0.2, 0.25) is 0 Å². The third kappa shape index (κ3) is 4.08. The van der Waals surface area contributed by atoms with E-state index in [9.17, 15) is 0 Å². The lowest BCUT2D eigenvalue weighted by Gasteiger charge is -2.05. The molecular formula is C14H16N4O. The molecule has 0 saturated carbocycles. The molecule has 0 bridgehead atoms. The number of nitrogen functional groups attached to an aromatic ring is 1. The number of nitrogens with one attached hydrogen (secondary N) is 1. The summed E-state index contributed by atoms with van der Waals surface area (Å²) in [5.74, 6) is 6.95. The molecule has 0 aliphatic rings. The van der Waals surface area contributed by atoms with Crippen LogP contribution in [0.25, 0.3) is 6.08 Å². The highest BCUT2D eigenvalue weighted by molar-refractivity contribution is 5.48. The molecule has 5 heteroatoms. The van der Waals surface area contributed by atoms with E-state index < -0.39 is 0 Å². The summed E-state index contributed by atoms with van der Waals surface area (Å²) in [6.07, 6.45) is 3.93. The van der Waals surface area contributed by atoms with Crippen molar-refractivity contribution in [1.82, 2.24) is 9.97 Å². The van der Waals surface area contributed by atoms with E-state index in [2.05, 4.69) is 15.4 Å². The number of rotatable bonds is 5. The summed E-state index contributed by atoms with van der Waals surface area (Å²) in [7, 11) is 0. The molecule has 2 rings (SSSR count). The normalized spacial score (nSPS) is 10.6. The molecule has 0 saturated heterocycles. The number of ether oxygens (including phenoxy) is 1. The smallest absolute Gasteiger partial charge is 0.219 e. The third-order valence-electron chi connectivity index (χ3n) is 2.40. The van der Waals surface area contributed by atoms with Crippen molar-refractivity contribution in [3.05, 3.63) is 53.9 Å². The zero-order valence-corrected chi connectivity index (χ0v) is 10.7. The fraction of sp³-hybridized carbons (Fsp3) is 0.143. The van der Waals surface area contributed by atoms with E-state index in [1.807, 2.05) is 42.5 Å². The highest BCUT2D eigenvalue weighted by Gasteiger charge is 2.00. The quantitative estimate of drug-likeness (QED) is 0.633. The van der Waals surface area contributed by atoms with Crippen LogP contribution in [0, 0.1) is 6.92 Å². The zero-order valence-electron chi connectivity index (χ0n) is 10.7. The minimum Gasteiger partial charge on any atom is -0.473 e. The van der Waals surface area contributed by atoms with Crippen molar-refractivity contribution in [3.8, 4) is 5.88 Å². The van der Waals surface area contributed by atoms with Gasteiger partial charge in [-0.25, -0.2) is 10.8 Å². The van der Waals surface area contributed by atoms with Crippen molar-refractivity contribution >= 4 is 11.9 Å². The standard InChI is InChI=1S/C14H16N4O/c1-11-16-13(18-15)10-14(17-11)19-9-5-8-12-6-3-2-4-7-12/h2-8,10H,9,15H2,1H3,(H,16,17,18)/b8-5+. The van der Waals surface area contributed by atoms with Crippen LogP contribution >= 0.6 is 0 Å². The van der Waals surface area contributed by atoms with Gasteiger partial charge in [0.2, 0.25) is 5.88 Å². The molecule has 1 heterocycles. The van der Waals surface area contributed by atoms with Gasteiger partial charge in [-0.1, -0.05) is 36.4 Å². The maximum atomic E-state index is 5.52. The van der Waals surface area contributed by atoms with Gasteiger partial charge >= 0.3 is 0 Å². The lowest BCUT2D eigenvalue weighted by molar-refractivity contribution is 0.347. The number of aromatic nitrogens is 2. The van der Waals surface area contributed by atoms with Crippen molar-refractivity contribution in [2.45, 2.75) is 6.92 Å². The van der Waals surface area contributed by atoms with E-state index in [1.54, 1.807) is 13.0 Å². The van der Waals surface area contributed by atoms with Crippen LogP contribution in [0.4, 0.5) is 5.82 Å². The first kappa shape index (κ1) is 13.0. The SMILES string of the molecule is Cc1nc(NN)cc(OC/C=C/c2ccccc2)n1. The Balaban J connectivity index is 1.92. The molecule has 3 N–H and O–H groups in total. The predicted molar refractivity (Wildman–Crippen MR) is 75.6 cm³/mol. The van der Waals surface area contributed by atoms with Crippen LogP contribution in [0.15, 0.2) is 42.5 Å². The fourth-order valence-corrected chi connectivity index (χ4v) is 1.57. The van der Waals surface area contributed by atoms with Crippen molar-refractivity contribution in [3.63, 3.8) is 0 Å². The van der Waals surface area contributed by atoms with Crippen LogP contribution in [0.3, 0.4) is 0 Å².